The van der Waals surface area contributed by atoms with E-state index in [2.05, 4.69) is 6.57 Å². The van der Waals surface area contributed by atoms with Crippen molar-refractivity contribution < 1.29 is 4.79 Å². The summed E-state index contributed by atoms with van der Waals surface area (Å²) >= 11 is 0. The summed E-state index contributed by atoms with van der Waals surface area (Å²) in [7, 11) is 0. The first-order valence-corrected chi connectivity index (χ1v) is 3.42. The molecule has 1 rings (SSSR count). The lowest BCUT2D eigenvalue weighted by molar-refractivity contribution is -0.124. The Kier molecular flexibility index (Phi) is 3.08. The molecule has 10 heavy (non-hydrogen) atoms. The van der Waals surface area contributed by atoms with Crippen LogP contribution < -0.4 is 0 Å². The quantitative estimate of drug-likeness (QED) is 0.514. The van der Waals surface area contributed by atoms with E-state index in [-0.39, 0.29) is 5.41 Å². The standard InChI is InChI=1S/C7H12O.CHN/c1-7(2)5-3-4-6(7)8;1-2/h3-5H2,1-2H3;1H. The lowest BCUT2D eigenvalue weighted by atomic mass is 9.91. The van der Waals surface area contributed by atoms with Crippen molar-refractivity contribution >= 4 is 5.78 Å². The van der Waals surface area contributed by atoms with E-state index < -0.39 is 0 Å². The highest BCUT2D eigenvalue weighted by molar-refractivity contribution is 5.85. The molecular formula is C8H13NO. The number of nitrogens with zero attached hydrogens (tertiary/aromatic N) is 1. The van der Waals surface area contributed by atoms with Gasteiger partial charge >= 0.3 is 0 Å². The molecule has 0 saturated heterocycles. The highest BCUT2D eigenvalue weighted by atomic mass is 16.1. The predicted molar refractivity (Wildman–Crippen MR) is 39.3 cm³/mol. The summed E-state index contributed by atoms with van der Waals surface area (Å²) < 4.78 is 0. The summed E-state index contributed by atoms with van der Waals surface area (Å²) in [6.07, 6.45) is 3.00. The molecule has 2 heteroatoms. The molecule has 2 nitrogen and oxygen atoms in total. The number of rotatable bonds is 0. The topological polar surface area (TPSA) is 40.9 Å². The molecule has 1 aliphatic carbocycles. The summed E-state index contributed by atoms with van der Waals surface area (Å²) in [5.74, 6) is 0.442. The molecule has 0 aromatic rings. The van der Waals surface area contributed by atoms with Crippen LogP contribution in [0.5, 0.6) is 0 Å². The lowest BCUT2D eigenvalue weighted by Gasteiger charge is -2.12. The highest BCUT2D eigenvalue weighted by Crippen LogP contribution is 2.32. The van der Waals surface area contributed by atoms with Gasteiger partial charge in [-0.05, 0) is 12.8 Å². The van der Waals surface area contributed by atoms with E-state index in [0.29, 0.717) is 5.78 Å². The predicted octanol–water partition coefficient (Wildman–Crippen LogP) is 1.91. The largest absolute Gasteiger partial charge is 0.299 e. The third-order valence-electron chi connectivity index (χ3n) is 1.96. The van der Waals surface area contributed by atoms with Gasteiger partial charge in [0.1, 0.15) is 5.78 Å². The Morgan fingerprint density at radius 2 is 2.00 bits per heavy atom. The average Bonchev–Trinajstić information content (AvgIpc) is 2.17. The smallest absolute Gasteiger partial charge is 0.138 e. The van der Waals surface area contributed by atoms with E-state index in [1.165, 1.54) is 0 Å². The maximum absolute atomic E-state index is 10.9. The van der Waals surface area contributed by atoms with Crippen molar-refractivity contribution in [2.45, 2.75) is 33.1 Å². The van der Waals surface area contributed by atoms with E-state index in [1.54, 1.807) is 0 Å². The number of hydrogen-bond acceptors (Lipinski definition) is 2. The minimum Gasteiger partial charge on any atom is -0.299 e. The Morgan fingerprint density at radius 3 is 2.10 bits per heavy atom. The van der Waals surface area contributed by atoms with E-state index in [1.807, 2.05) is 13.8 Å². The summed E-state index contributed by atoms with van der Waals surface area (Å²) in [6.45, 7) is 7.56. The van der Waals surface area contributed by atoms with Crippen LogP contribution in [0.15, 0.2) is 0 Å². The normalized spacial score (nSPS) is 21.4. The van der Waals surface area contributed by atoms with Crippen LogP contribution >= 0.6 is 0 Å². The molecule has 0 radical (unpaired) electrons. The summed E-state index contributed by atoms with van der Waals surface area (Å²) in [5.41, 5.74) is 0.0139. The van der Waals surface area contributed by atoms with Gasteiger partial charge in [-0.15, -0.1) is 0 Å². The molecule has 0 aliphatic heterocycles. The van der Waals surface area contributed by atoms with Crippen molar-refractivity contribution in [1.82, 2.24) is 0 Å². The SMILES string of the molecule is C#N.CC1(C)CCCC1=O. The van der Waals surface area contributed by atoms with Crippen LogP contribution in [0.3, 0.4) is 0 Å². The summed E-state index contributed by atoms with van der Waals surface area (Å²) in [4.78, 5) is 10.9. The highest BCUT2D eigenvalue weighted by Gasteiger charge is 2.31. The van der Waals surface area contributed by atoms with E-state index in [4.69, 9.17) is 5.26 Å². The molecule has 0 amide bonds. The number of nitriles is 1. The molecule has 56 valence electrons. The first-order valence-electron chi connectivity index (χ1n) is 3.42. The summed E-state index contributed by atoms with van der Waals surface area (Å²) in [5, 5.41) is 6.50. The van der Waals surface area contributed by atoms with E-state index in [9.17, 15) is 4.79 Å². The van der Waals surface area contributed by atoms with Gasteiger partial charge in [-0.1, -0.05) is 13.8 Å². The molecule has 0 atom stereocenters. The van der Waals surface area contributed by atoms with Crippen LogP contribution in [0, 0.1) is 17.2 Å². The first-order chi connectivity index (χ1) is 4.63. The molecule has 0 aromatic carbocycles. The number of hydrogen-bond donors (Lipinski definition) is 0. The molecule has 0 bridgehead atoms. The Hall–Kier alpha value is -0.840. The van der Waals surface area contributed by atoms with Gasteiger partial charge in [0.05, 0.1) is 0 Å². The van der Waals surface area contributed by atoms with Gasteiger partial charge in [-0.25, -0.2) is 5.26 Å². The van der Waals surface area contributed by atoms with Crippen LogP contribution in [0.4, 0.5) is 0 Å². The zero-order valence-electron chi connectivity index (χ0n) is 6.55. The maximum atomic E-state index is 10.9. The van der Waals surface area contributed by atoms with Crippen LogP contribution in [-0.4, -0.2) is 5.78 Å². The third-order valence-corrected chi connectivity index (χ3v) is 1.96. The van der Waals surface area contributed by atoms with Gasteiger partial charge in [0.25, 0.3) is 0 Å². The van der Waals surface area contributed by atoms with Gasteiger partial charge < -0.3 is 0 Å². The molecule has 0 N–H and O–H groups in total. The molecule has 1 saturated carbocycles. The van der Waals surface area contributed by atoms with Gasteiger partial charge in [0.2, 0.25) is 0 Å². The molecule has 1 aliphatic rings. The van der Waals surface area contributed by atoms with Crippen molar-refractivity contribution in [2.24, 2.45) is 5.41 Å². The molecule has 0 heterocycles. The Labute approximate surface area is 61.8 Å². The van der Waals surface area contributed by atoms with Gasteiger partial charge in [0.15, 0.2) is 0 Å². The van der Waals surface area contributed by atoms with Gasteiger partial charge in [-0.3, -0.25) is 4.79 Å². The van der Waals surface area contributed by atoms with Crippen LogP contribution in [0.2, 0.25) is 0 Å². The summed E-state index contributed by atoms with van der Waals surface area (Å²) in [6, 6.07) is 0. The van der Waals surface area contributed by atoms with Crippen molar-refractivity contribution in [3.8, 4) is 6.57 Å². The number of carbonyl (C=O) groups excluding carboxylic acids is 1. The van der Waals surface area contributed by atoms with Crippen LogP contribution in [0.1, 0.15) is 33.1 Å². The second kappa shape index (κ2) is 3.36. The van der Waals surface area contributed by atoms with Gasteiger partial charge in [0, 0.05) is 18.4 Å². The Morgan fingerprint density at radius 1 is 1.50 bits per heavy atom. The van der Waals surface area contributed by atoms with Crippen molar-refractivity contribution in [3.05, 3.63) is 0 Å². The van der Waals surface area contributed by atoms with Gasteiger partial charge in [-0.2, -0.15) is 0 Å². The Balaban J connectivity index is 0.000000371. The van der Waals surface area contributed by atoms with Crippen molar-refractivity contribution in [3.63, 3.8) is 0 Å². The molecule has 0 spiro atoms. The second-order valence-corrected chi connectivity index (χ2v) is 3.16. The monoisotopic (exact) mass is 139 g/mol. The lowest BCUT2D eigenvalue weighted by Crippen LogP contribution is -2.15. The number of carbonyl (C=O) groups is 1. The average molecular weight is 139 g/mol. The van der Waals surface area contributed by atoms with Crippen LogP contribution in [-0.2, 0) is 4.79 Å². The number of Topliss-reactive ketones (excluding diaryl/α,β-unsaturated/α-hetero) is 1. The number of ketones is 1. The second-order valence-electron chi connectivity index (χ2n) is 3.16. The fourth-order valence-electron chi connectivity index (χ4n) is 1.17. The van der Waals surface area contributed by atoms with E-state index >= 15 is 0 Å². The molecular weight excluding hydrogens is 126 g/mol. The minimum atomic E-state index is 0.0139. The van der Waals surface area contributed by atoms with Crippen LogP contribution in [0.25, 0.3) is 0 Å². The minimum absolute atomic E-state index is 0.0139. The van der Waals surface area contributed by atoms with Crippen molar-refractivity contribution in [1.29, 1.82) is 5.26 Å². The van der Waals surface area contributed by atoms with Crippen molar-refractivity contribution in [2.75, 3.05) is 0 Å². The maximum Gasteiger partial charge on any atom is 0.138 e. The molecule has 0 aromatic heterocycles. The third kappa shape index (κ3) is 1.84. The fraction of sp³-hybridized carbons (Fsp3) is 0.750. The zero-order valence-corrected chi connectivity index (χ0v) is 6.55. The first kappa shape index (κ1) is 9.16. The molecule has 0 unspecified atom stereocenters. The zero-order chi connectivity index (χ0) is 8.20. The Bertz CT molecular complexity index is 147. The molecule has 1 fully saturated rings. The van der Waals surface area contributed by atoms with E-state index in [0.717, 1.165) is 19.3 Å². The fourth-order valence-corrected chi connectivity index (χ4v) is 1.17.